The van der Waals surface area contributed by atoms with Crippen molar-refractivity contribution in [3.63, 3.8) is 0 Å². The first-order valence-electron chi connectivity index (χ1n) is 9.72. The van der Waals surface area contributed by atoms with Gasteiger partial charge in [0.1, 0.15) is 17.4 Å². The zero-order chi connectivity index (χ0) is 20.8. The number of carboxylic acid groups (broad SMARTS) is 1. The van der Waals surface area contributed by atoms with Crippen LogP contribution in [0.4, 0.5) is 0 Å². The zero-order valence-electron chi connectivity index (χ0n) is 16.3. The first-order chi connectivity index (χ1) is 14.7. The molecule has 0 aliphatic carbocycles. The van der Waals surface area contributed by atoms with Crippen molar-refractivity contribution >= 4 is 39.2 Å². The third kappa shape index (κ3) is 5.13. The van der Waals surface area contributed by atoms with E-state index in [4.69, 9.17) is 14.8 Å². The lowest BCUT2D eigenvalue weighted by molar-refractivity contribution is -0.136. The van der Waals surface area contributed by atoms with Gasteiger partial charge in [0.15, 0.2) is 0 Å². The van der Waals surface area contributed by atoms with Gasteiger partial charge in [0, 0.05) is 6.42 Å². The monoisotopic (exact) mass is 415 g/mol. The van der Waals surface area contributed by atoms with Crippen LogP contribution in [0, 0.1) is 0 Å². The molecule has 4 nitrogen and oxygen atoms in total. The summed E-state index contributed by atoms with van der Waals surface area (Å²) in [6.45, 7) is 0.519. The van der Waals surface area contributed by atoms with Crippen molar-refractivity contribution in [3.8, 4) is 5.75 Å². The second-order valence-electron chi connectivity index (χ2n) is 6.89. The summed E-state index contributed by atoms with van der Waals surface area (Å²) < 4.78 is 6.94. The SMILES string of the molecule is O=C(O)CCC(=Cc1ccc(OCc2ccccc2)cc1)c1nc2ccccc2s1. The Morgan fingerprint density at radius 3 is 2.40 bits per heavy atom. The summed E-state index contributed by atoms with van der Waals surface area (Å²) in [6, 6.07) is 25.8. The van der Waals surface area contributed by atoms with Crippen LogP contribution in [0.1, 0.15) is 29.0 Å². The molecule has 5 heteroatoms. The number of hydrogen-bond acceptors (Lipinski definition) is 4. The summed E-state index contributed by atoms with van der Waals surface area (Å²) in [4.78, 5) is 15.8. The molecule has 1 N–H and O–H groups in total. The van der Waals surface area contributed by atoms with Gasteiger partial charge in [-0.15, -0.1) is 11.3 Å². The van der Waals surface area contributed by atoms with E-state index in [2.05, 4.69) is 0 Å². The van der Waals surface area contributed by atoms with Gasteiger partial charge in [0.25, 0.3) is 0 Å². The minimum absolute atomic E-state index is 0.0695. The molecular formula is C25H21NO3S. The van der Waals surface area contributed by atoms with E-state index in [1.807, 2.05) is 84.9 Å². The molecule has 0 unspecified atom stereocenters. The minimum Gasteiger partial charge on any atom is -0.489 e. The molecule has 1 aromatic heterocycles. The van der Waals surface area contributed by atoms with Gasteiger partial charge in [-0.05, 0) is 53.5 Å². The Morgan fingerprint density at radius 2 is 1.67 bits per heavy atom. The smallest absolute Gasteiger partial charge is 0.303 e. The van der Waals surface area contributed by atoms with Gasteiger partial charge in [-0.2, -0.15) is 0 Å². The van der Waals surface area contributed by atoms with Crippen LogP contribution in [0.15, 0.2) is 78.9 Å². The fourth-order valence-electron chi connectivity index (χ4n) is 3.09. The Labute approximate surface area is 179 Å². The lowest BCUT2D eigenvalue weighted by atomic mass is 10.1. The third-order valence-corrected chi connectivity index (χ3v) is 5.76. The maximum Gasteiger partial charge on any atom is 0.303 e. The summed E-state index contributed by atoms with van der Waals surface area (Å²) in [6.07, 6.45) is 2.52. The lowest BCUT2D eigenvalue weighted by Gasteiger charge is -2.07. The number of ether oxygens (including phenoxy) is 1. The third-order valence-electron chi connectivity index (χ3n) is 4.65. The Bertz CT molecular complexity index is 1130. The maximum absolute atomic E-state index is 11.1. The Balaban J connectivity index is 1.54. The maximum atomic E-state index is 11.1. The highest BCUT2D eigenvalue weighted by Gasteiger charge is 2.11. The largest absolute Gasteiger partial charge is 0.489 e. The van der Waals surface area contributed by atoms with Crippen molar-refractivity contribution in [2.75, 3.05) is 0 Å². The molecule has 150 valence electrons. The molecule has 30 heavy (non-hydrogen) atoms. The molecule has 0 spiro atoms. The number of thiazole rings is 1. The van der Waals surface area contributed by atoms with Gasteiger partial charge < -0.3 is 9.84 Å². The molecule has 0 saturated heterocycles. The number of rotatable bonds is 8. The number of aliphatic carboxylic acids is 1. The van der Waals surface area contributed by atoms with Crippen LogP contribution < -0.4 is 4.74 Å². The van der Waals surface area contributed by atoms with E-state index in [0.29, 0.717) is 13.0 Å². The fraction of sp³-hybridized carbons (Fsp3) is 0.120. The van der Waals surface area contributed by atoms with Crippen LogP contribution in [-0.4, -0.2) is 16.1 Å². The first-order valence-corrected chi connectivity index (χ1v) is 10.5. The summed E-state index contributed by atoms with van der Waals surface area (Å²) >= 11 is 1.59. The van der Waals surface area contributed by atoms with Gasteiger partial charge in [-0.25, -0.2) is 4.98 Å². The molecule has 1 heterocycles. The van der Waals surface area contributed by atoms with Crippen molar-refractivity contribution in [1.82, 2.24) is 4.98 Å². The van der Waals surface area contributed by atoms with E-state index in [9.17, 15) is 4.79 Å². The topological polar surface area (TPSA) is 59.4 Å². The van der Waals surface area contributed by atoms with Crippen LogP contribution >= 0.6 is 11.3 Å². The minimum atomic E-state index is -0.813. The number of benzene rings is 3. The molecule has 0 atom stereocenters. The highest BCUT2D eigenvalue weighted by molar-refractivity contribution is 7.19. The zero-order valence-corrected chi connectivity index (χ0v) is 17.1. The Morgan fingerprint density at radius 1 is 0.933 bits per heavy atom. The first kappa shape index (κ1) is 19.9. The van der Waals surface area contributed by atoms with Crippen LogP contribution in [0.5, 0.6) is 5.75 Å². The number of allylic oxidation sites excluding steroid dienone is 1. The predicted octanol–water partition coefficient (Wildman–Crippen LogP) is 6.28. The second kappa shape index (κ2) is 9.37. The van der Waals surface area contributed by atoms with Gasteiger partial charge in [0.05, 0.1) is 10.2 Å². The average molecular weight is 416 g/mol. The number of nitrogens with zero attached hydrogens (tertiary/aromatic N) is 1. The highest BCUT2D eigenvalue weighted by atomic mass is 32.1. The number of carbonyl (C=O) groups is 1. The molecule has 0 aliphatic heterocycles. The Hall–Kier alpha value is -3.44. The van der Waals surface area contributed by atoms with Crippen LogP contribution in [0.2, 0.25) is 0 Å². The number of hydrogen-bond donors (Lipinski definition) is 1. The summed E-state index contributed by atoms with van der Waals surface area (Å²) in [7, 11) is 0. The molecule has 4 rings (SSSR count). The molecule has 0 amide bonds. The number of aromatic nitrogens is 1. The van der Waals surface area contributed by atoms with E-state index >= 15 is 0 Å². The quantitative estimate of drug-likeness (QED) is 0.368. The molecule has 0 aliphatic rings. The average Bonchev–Trinajstić information content (AvgIpc) is 3.21. The molecular weight excluding hydrogens is 394 g/mol. The van der Waals surface area contributed by atoms with Crippen molar-refractivity contribution in [1.29, 1.82) is 0 Å². The van der Waals surface area contributed by atoms with Gasteiger partial charge in [-0.3, -0.25) is 4.79 Å². The summed E-state index contributed by atoms with van der Waals surface area (Å²) in [5.74, 6) is -0.0188. The number of para-hydroxylation sites is 1. The second-order valence-corrected chi connectivity index (χ2v) is 7.92. The van der Waals surface area contributed by atoms with E-state index in [1.54, 1.807) is 11.3 Å². The predicted molar refractivity (Wildman–Crippen MR) is 122 cm³/mol. The van der Waals surface area contributed by atoms with Crippen molar-refractivity contribution < 1.29 is 14.6 Å². The van der Waals surface area contributed by atoms with Crippen LogP contribution in [0.25, 0.3) is 21.9 Å². The summed E-state index contributed by atoms with van der Waals surface area (Å²) in [5.41, 5.74) is 3.97. The molecule has 3 aromatic carbocycles. The van der Waals surface area contributed by atoms with Gasteiger partial charge >= 0.3 is 5.97 Å². The number of fused-ring (bicyclic) bond motifs is 1. The number of carboxylic acids is 1. The van der Waals surface area contributed by atoms with Crippen molar-refractivity contribution in [2.24, 2.45) is 0 Å². The van der Waals surface area contributed by atoms with Gasteiger partial charge in [-0.1, -0.05) is 54.6 Å². The highest BCUT2D eigenvalue weighted by Crippen LogP contribution is 2.31. The summed E-state index contributed by atoms with van der Waals surface area (Å²) in [5, 5.41) is 10.0. The van der Waals surface area contributed by atoms with E-state index < -0.39 is 5.97 Å². The standard InChI is InChI=1S/C25H21NO3S/c27-24(28)15-12-20(25-26-22-8-4-5-9-23(22)30-25)16-18-10-13-21(14-11-18)29-17-19-6-2-1-3-7-19/h1-11,13-14,16H,12,15,17H2,(H,27,28). The lowest BCUT2D eigenvalue weighted by Crippen LogP contribution is -1.96. The van der Waals surface area contributed by atoms with E-state index in [-0.39, 0.29) is 6.42 Å². The van der Waals surface area contributed by atoms with Crippen LogP contribution in [-0.2, 0) is 11.4 Å². The molecule has 0 saturated carbocycles. The van der Waals surface area contributed by atoms with Crippen molar-refractivity contribution in [3.05, 3.63) is 95.0 Å². The van der Waals surface area contributed by atoms with E-state index in [0.717, 1.165) is 37.7 Å². The molecule has 0 radical (unpaired) electrons. The molecule has 0 bridgehead atoms. The van der Waals surface area contributed by atoms with Gasteiger partial charge in [0.2, 0.25) is 0 Å². The fourth-order valence-corrected chi connectivity index (χ4v) is 4.10. The molecule has 4 aromatic rings. The molecule has 0 fully saturated rings. The Kier molecular flexibility index (Phi) is 6.20. The van der Waals surface area contributed by atoms with Crippen LogP contribution in [0.3, 0.4) is 0 Å². The van der Waals surface area contributed by atoms with E-state index in [1.165, 1.54) is 0 Å². The normalized spacial score (nSPS) is 11.5. The van der Waals surface area contributed by atoms with Crippen molar-refractivity contribution in [2.45, 2.75) is 19.4 Å².